The van der Waals surface area contributed by atoms with E-state index in [9.17, 15) is 14.0 Å². The van der Waals surface area contributed by atoms with Crippen LogP contribution in [0, 0.1) is 5.82 Å². The van der Waals surface area contributed by atoms with E-state index in [0.29, 0.717) is 12.1 Å². The quantitative estimate of drug-likeness (QED) is 0.701. The van der Waals surface area contributed by atoms with Gasteiger partial charge in [0.1, 0.15) is 11.9 Å². The van der Waals surface area contributed by atoms with E-state index >= 15 is 0 Å². The van der Waals surface area contributed by atoms with Gasteiger partial charge in [-0.1, -0.05) is 48.5 Å². The van der Waals surface area contributed by atoms with E-state index in [0.717, 1.165) is 11.1 Å². The van der Waals surface area contributed by atoms with E-state index in [-0.39, 0.29) is 23.3 Å². The molecule has 0 aliphatic heterocycles. The summed E-state index contributed by atoms with van der Waals surface area (Å²) in [6.45, 7) is 1.89. The third-order valence-corrected chi connectivity index (χ3v) is 5.01. The molecule has 0 bridgehead atoms. The first-order valence-corrected chi connectivity index (χ1v) is 9.81. The van der Waals surface area contributed by atoms with E-state index in [1.54, 1.807) is 12.1 Å². The molecule has 0 spiro atoms. The standard InChI is InChI=1S/C23H22ClFN2O2/c1-15-11-12-17(24)14-20(15)26-23(29)21(13-16-7-3-2-4-8-16)27-22(28)18-9-5-6-10-19(18)25/h2-11,14,17,21H,12-13H2,1H3,(H,26,29)(H,27,28). The zero-order valence-corrected chi connectivity index (χ0v) is 16.7. The van der Waals surface area contributed by atoms with Gasteiger partial charge < -0.3 is 10.6 Å². The average Bonchev–Trinajstić information content (AvgIpc) is 2.71. The Hall–Kier alpha value is -2.92. The van der Waals surface area contributed by atoms with Gasteiger partial charge in [0.25, 0.3) is 5.91 Å². The third kappa shape index (κ3) is 5.55. The van der Waals surface area contributed by atoms with Crippen molar-refractivity contribution in [1.82, 2.24) is 10.6 Å². The van der Waals surface area contributed by atoms with E-state index < -0.39 is 17.8 Å². The molecular formula is C23H22ClFN2O2. The van der Waals surface area contributed by atoms with Gasteiger partial charge in [0.05, 0.1) is 10.9 Å². The van der Waals surface area contributed by atoms with Crippen molar-refractivity contribution in [3.8, 4) is 0 Å². The maximum absolute atomic E-state index is 14.0. The third-order valence-electron chi connectivity index (χ3n) is 4.70. The van der Waals surface area contributed by atoms with Crippen LogP contribution in [0.1, 0.15) is 29.3 Å². The molecule has 0 fully saturated rings. The van der Waals surface area contributed by atoms with Gasteiger partial charge in [-0.3, -0.25) is 9.59 Å². The smallest absolute Gasteiger partial charge is 0.254 e. The molecule has 2 N–H and O–H groups in total. The number of benzene rings is 2. The van der Waals surface area contributed by atoms with Crippen LogP contribution in [0.4, 0.5) is 4.39 Å². The zero-order chi connectivity index (χ0) is 20.8. The number of amides is 2. The molecule has 1 aliphatic carbocycles. The molecular weight excluding hydrogens is 391 g/mol. The van der Waals surface area contributed by atoms with Crippen LogP contribution < -0.4 is 10.6 Å². The fraction of sp³-hybridized carbons (Fsp3) is 0.217. The number of halogens is 2. The summed E-state index contributed by atoms with van der Waals surface area (Å²) in [5.41, 5.74) is 2.31. The first-order chi connectivity index (χ1) is 13.9. The molecule has 0 heterocycles. The molecule has 2 amide bonds. The summed E-state index contributed by atoms with van der Waals surface area (Å²) >= 11 is 6.17. The number of nitrogens with one attached hydrogen (secondary N) is 2. The fourth-order valence-electron chi connectivity index (χ4n) is 3.08. The average molecular weight is 413 g/mol. The number of carbonyl (C=O) groups excluding carboxylic acids is 2. The summed E-state index contributed by atoms with van der Waals surface area (Å²) in [7, 11) is 0. The van der Waals surface area contributed by atoms with Crippen LogP contribution in [0.15, 0.2) is 78.0 Å². The molecule has 29 heavy (non-hydrogen) atoms. The van der Waals surface area contributed by atoms with Crippen molar-refractivity contribution in [2.24, 2.45) is 0 Å². The van der Waals surface area contributed by atoms with Crippen LogP contribution in [0.5, 0.6) is 0 Å². The molecule has 2 aromatic carbocycles. The molecule has 0 radical (unpaired) electrons. The monoisotopic (exact) mass is 412 g/mol. The van der Waals surface area contributed by atoms with Crippen molar-refractivity contribution in [2.45, 2.75) is 31.2 Å². The largest absolute Gasteiger partial charge is 0.340 e. The number of carbonyl (C=O) groups is 2. The number of hydrogen-bond acceptors (Lipinski definition) is 2. The van der Waals surface area contributed by atoms with Crippen LogP contribution in [0.25, 0.3) is 0 Å². The number of hydrogen-bond donors (Lipinski definition) is 2. The van der Waals surface area contributed by atoms with E-state index in [4.69, 9.17) is 11.6 Å². The lowest BCUT2D eigenvalue weighted by molar-refractivity contribution is -0.122. The number of allylic oxidation sites excluding steroid dienone is 3. The molecule has 2 aromatic rings. The summed E-state index contributed by atoms with van der Waals surface area (Å²) in [6.07, 6.45) is 4.71. The van der Waals surface area contributed by atoms with Gasteiger partial charge >= 0.3 is 0 Å². The van der Waals surface area contributed by atoms with E-state index in [2.05, 4.69) is 10.6 Å². The Kier molecular flexibility index (Phi) is 6.83. The summed E-state index contributed by atoms with van der Waals surface area (Å²) in [5, 5.41) is 5.32. The van der Waals surface area contributed by atoms with Crippen molar-refractivity contribution in [2.75, 3.05) is 0 Å². The lowest BCUT2D eigenvalue weighted by atomic mass is 10.0. The second-order valence-corrected chi connectivity index (χ2v) is 7.46. The number of rotatable bonds is 6. The van der Waals surface area contributed by atoms with Crippen molar-refractivity contribution in [1.29, 1.82) is 0 Å². The van der Waals surface area contributed by atoms with Crippen LogP contribution in [-0.4, -0.2) is 23.2 Å². The Morgan fingerprint density at radius 2 is 1.83 bits per heavy atom. The SMILES string of the molecule is CC1=CCC(Cl)C=C1NC(=O)C(Cc1ccccc1)NC(=O)c1ccccc1F. The molecule has 2 unspecified atom stereocenters. The molecule has 4 nitrogen and oxygen atoms in total. The topological polar surface area (TPSA) is 58.2 Å². The summed E-state index contributed by atoms with van der Waals surface area (Å²) in [5.74, 6) is -1.66. The van der Waals surface area contributed by atoms with Gasteiger partial charge in [0.2, 0.25) is 5.91 Å². The molecule has 1 aliphatic rings. The second kappa shape index (κ2) is 9.52. The maximum atomic E-state index is 14.0. The Labute approximate surface area is 174 Å². The fourth-order valence-corrected chi connectivity index (χ4v) is 3.30. The molecule has 150 valence electrons. The predicted molar refractivity (Wildman–Crippen MR) is 112 cm³/mol. The Morgan fingerprint density at radius 1 is 1.14 bits per heavy atom. The summed E-state index contributed by atoms with van der Waals surface area (Å²) < 4.78 is 14.0. The maximum Gasteiger partial charge on any atom is 0.254 e. The van der Waals surface area contributed by atoms with Crippen LogP contribution in [0.2, 0.25) is 0 Å². The van der Waals surface area contributed by atoms with Crippen molar-refractivity contribution in [3.05, 3.63) is 95.0 Å². The second-order valence-electron chi connectivity index (χ2n) is 6.90. The minimum Gasteiger partial charge on any atom is -0.340 e. The lowest BCUT2D eigenvalue weighted by Gasteiger charge is -2.22. The molecule has 0 saturated heterocycles. The normalized spacial score (nSPS) is 17.0. The Morgan fingerprint density at radius 3 is 2.55 bits per heavy atom. The Bertz CT molecular complexity index is 956. The van der Waals surface area contributed by atoms with E-state index in [1.807, 2.05) is 43.3 Å². The number of alkyl halides is 1. The molecule has 0 aromatic heterocycles. The summed E-state index contributed by atoms with van der Waals surface area (Å²) in [6, 6.07) is 14.1. The highest BCUT2D eigenvalue weighted by Crippen LogP contribution is 2.20. The minimum absolute atomic E-state index is 0.104. The minimum atomic E-state index is -0.881. The summed E-state index contributed by atoms with van der Waals surface area (Å²) in [4.78, 5) is 25.6. The van der Waals surface area contributed by atoms with Crippen molar-refractivity contribution in [3.63, 3.8) is 0 Å². The van der Waals surface area contributed by atoms with Gasteiger partial charge in [-0.2, -0.15) is 0 Å². The van der Waals surface area contributed by atoms with Gasteiger partial charge in [-0.05, 0) is 42.7 Å². The molecule has 0 saturated carbocycles. The van der Waals surface area contributed by atoms with Gasteiger partial charge in [0, 0.05) is 12.1 Å². The Balaban J connectivity index is 1.80. The van der Waals surface area contributed by atoms with Crippen LogP contribution in [0.3, 0.4) is 0 Å². The lowest BCUT2D eigenvalue weighted by Crippen LogP contribution is -2.48. The predicted octanol–water partition coefficient (Wildman–Crippen LogP) is 4.12. The van der Waals surface area contributed by atoms with Crippen molar-refractivity contribution < 1.29 is 14.0 Å². The van der Waals surface area contributed by atoms with Crippen molar-refractivity contribution >= 4 is 23.4 Å². The molecule has 2 atom stereocenters. The highest BCUT2D eigenvalue weighted by atomic mass is 35.5. The molecule has 6 heteroatoms. The van der Waals surface area contributed by atoms with Crippen LogP contribution >= 0.6 is 11.6 Å². The molecule has 3 rings (SSSR count). The highest BCUT2D eigenvalue weighted by Gasteiger charge is 2.25. The van der Waals surface area contributed by atoms with E-state index in [1.165, 1.54) is 18.2 Å². The first kappa shape index (κ1) is 20.8. The zero-order valence-electron chi connectivity index (χ0n) is 16.0. The first-order valence-electron chi connectivity index (χ1n) is 9.37. The van der Waals surface area contributed by atoms with Gasteiger partial charge in [0.15, 0.2) is 0 Å². The van der Waals surface area contributed by atoms with Gasteiger partial charge in [-0.25, -0.2) is 4.39 Å². The van der Waals surface area contributed by atoms with Crippen LogP contribution in [-0.2, 0) is 11.2 Å². The highest BCUT2D eigenvalue weighted by molar-refractivity contribution is 6.22. The van der Waals surface area contributed by atoms with Gasteiger partial charge in [-0.15, -0.1) is 11.6 Å².